The molecule has 0 bridgehead atoms. The Balaban J connectivity index is 2.76. The monoisotopic (exact) mass is 313 g/mol. The molecule has 0 aromatic rings. The van der Waals surface area contributed by atoms with E-state index in [0.29, 0.717) is 19.5 Å². The molecule has 0 spiro atoms. The summed E-state index contributed by atoms with van der Waals surface area (Å²) in [6.07, 6.45) is 3.75. The molecule has 1 amide bonds. The van der Waals surface area contributed by atoms with E-state index in [4.69, 9.17) is 5.21 Å². The number of nitrogens with one attached hydrogen (secondary N) is 1. The zero-order valence-electron chi connectivity index (χ0n) is 13.5. The molecule has 1 saturated heterocycles. The first kappa shape index (κ1) is 18.4. The van der Waals surface area contributed by atoms with Gasteiger partial charge in [-0.1, -0.05) is 13.3 Å². The third kappa shape index (κ3) is 5.29. The maximum absolute atomic E-state index is 11.4. The van der Waals surface area contributed by atoms with E-state index < -0.39 is 12.0 Å². The predicted octanol–water partition coefficient (Wildman–Crippen LogP) is 1.16. The second kappa shape index (κ2) is 8.73. The molecular formula is C15H27N3O4. The molecule has 3 N–H and O–H groups in total. The quantitative estimate of drug-likeness (QED) is 0.354. The summed E-state index contributed by atoms with van der Waals surface area (Å²) in [7, 11) is 0. The third-order valence-electron chi connectivity index (χ3n) is 4.26. The summed E-state index contributed by atoms with van der Waals surface area (Å²) in [4.78, 5) is 24.6. The van der Waals surface area contributed by atoms with Crippen molar-refractivity contribution >= 4 is 18.1 Å². The highest BCUT2D eigenvalue weighted by Crippen LogP contribution is 2.25. The zero-order chi connectivity index (χ0) is 16.7. The van der Waals surface area contributed by atoms with Crippen LogP contribution in [0.25, 0.3) is 0 Å². The van der Waals surface area contributed by atoms with Crippen LogP contribution < -0.4 is 5.32 Å². The van der Waals surface area contributed by atoms with Gasteiger partial charge in [0.25, 0.3) is 0 Å². The average molecular weight is 313 g/mol. The molecule has 0 aliphatic carbocycles. The summed E-state index contributed by atoms with van der Waals surface area (Å²) < 4.78 is 0. The van der Waals surface area contributed by atoms with Crippen LogP contribution in [0.4, 0.5) is 0 Å². The van der Waals surface area contributed by atoms with Gasteiger partial charge >= 0.3 is 5.97 Å². The molecule has 1 aliphatic heterocycles. The summed E-state index contributed by atoms with van der Waals surface area (Å²) in [5.74, 6) is -0.781. The lowest BCUT2D eigenvalue weighted by Gasteiger charge is -2.30. The van der Waals surface area contributed by atoms with Crippen molar-refractivity contribution in [1.82, 2.24) is 10.2 Å². The molecule has 1 fully saturated rings. The zero-order valence-corrected chi connectivity index (χ0v) is 13.5. The van der Waals surface area contributed by atoms with E-state index in [1.54, 1.807) is 0 Å². The van der Waals surface area contributed by atoms with Crippen LogP contribution in [0.3, 0.4) is 0 Å². The van der Waals surface area contributed by atoms with Crippen molar-refractivity contribution in [1.29, 1.82) is 0 Å². The van der Waals surface area contributed by atoms with E-state index in [1.807, 2.05) is 11.8 Å². The molecule has 1 aliphatic rings. The fourth-order valence-corrected chi connectivity index (χ4v) is 3.21. The van der Waals surface area contributed by atoms with Gasteiger partial charge in [0.15, 0.2) is 0 Å². The van der Waals surface area contributed by atoms with Crippen LogP contribution >= 0.6 is 0 Å². The summed E-state index contributed by atoms with van der Waals surface area (Å²) in [6, 6.07) is -0.565. The lowest BCUT2D eigenvalue weighted by molar-refractivity contribution is -0.142. The maximum atomic E-state index is 11.4. The Kier molecular flexibility index (Phi) is 7.31. The van der Waals surface area contributed by atoms with Gasteiger partial charge in [0, 0.05) is 38.2 Å². The molecule has 126 valence electrons. The maximum Gasteiger partial charge on any atom is 0.320 e. The van der Waals surface area contributed by atoms with Crippen molar-refractivity contribution in [3.8, 4) is 0 Å². The molecule has 1 rings (SSSR count). The van der Waals surface area contributed by atoms with Crippen LogP contribution in [0.15, 0.2) is 5.16 Å². The first-order valence-electron chi connectivity index (χ1n) is 7.80. The van der Waals surface area contributed by atoms with Gasteiger partial charge in [-0.25, -0.2) is 0 Å². The highest BCUT2D eigenvalue weighted by Gasteiger charge is 2.37. The smallest absolute Gasteiger partial charge is 0.320 e. The van der Waals surface area contributed by atoms with Gasteiger partial charge in [-0.05, 0) is 25.7 Å². The van der Waals surface area contributed by atoms with E-state index in [0.717, 1.165) is 12.8 Å². The SMILES string of the molecule is CCCC(CN1C[C@H](C=NO)C[C@@H]1C(=O)O)C(C)NC(C)=O. The van der Waals surface area contributed by atoms with Crippen LogP contribution in [0.1, 0.15) is 40.0 Å². The minimum absolute atomic E-state index is 0.00236. The second-order valence-corrected chi connectivity index (χ2v) is 6.11. The Hall–Kier alpha value is -1.63. The first-order valence-corrected chi connectivity index (χ1v) is 7.80. The van der Waals surface area contributed by atoms with Gasteiger partial charge in [-0.15, -0.1) is 5.16 Å². The summed E-state index contributed by atoms with van der Waals surface area (Å²) in [5, 5.41) is 24.0. The van der Waals surface area contributed by atoms with Crippen molar-refractivity contribution in [2.45, 2.75) is 52.1 Å². The van der Waals surface area contributed by atoms with Crippen LogP contribution in [0.2, 0.25) is 0 Å². The number of rotatable bonds is 8. The summed E-state index contributed by atoms with van der Waals surface area (Å²) in [5.41, 5.74) is 0. The minimum Gasteiger partial charge on any atom is -0.480 e. The Morgan fingerprint density at radius 1 is 1.50 bits per heavy atom. The predicted molar refractivity (Wildman–Crippen MR) is 83.1 cm³/mol. The highest BCUT2D eigenvalue weighted by molar-refractivity contribution is 5.75. The van der Waals surface area contributed by atoms with Crippen molar-refractivity contribution in [2.24, 2.45) is 17.0 Å². The van der Waals surface area contributed by atoms with Gasteiger partial charge in [0.1, 0.15) is 6.04 Å². The second-order valence-electron chi connectivity index (χ2n) is 6.11. The van der Waals surface area contributed by atoms with E-state index in [1.165, 1.54) is 13.1 Å². The molecule has 1 heterocycles. The largest absolute Gasteiger partial charge is 0.480 e. The molecule has 7 nitrogen and oxygen atoms in total. The first-order chi connectivity index (χ1) is 10.4. The number of oxime groups is 1. The normalized spacial score (nSPS) is 25.2. The molecule has 0 saturated carbocycles. The molecule has 7 heteroatoms. The number of carboxylic acid groups (broad SMARTS) is 1. The number of carbonyl (C=O) groups is 2. The number of hydrogen-bond acceptors (Lipinski definition) is 5. The lowest BCUT2D eigenvalue weighted by Crippen LogP contribution is -2.45. The topological polar surface area (TPSA) is 102 Å². The van der Waals surface area contributed by atoms with Crippen molar-refractivity contribution in [3.63, 3.8) is 0 Å². The van der Waals surface area contributed by atoms with Gasteiger partial charge in [-0.3, -0.25) is 14.5 Å². The van der Waals surface area contributed by atoms with Crippen LogP contribution in [-0.4, -0.2) is 58.5 Å². The number of likely N-dealkylation sites (tertiary alicyclic amines) is 1. The number of aliphatic carboxylic acids is 1. The van der Waals surface area contributed by atoms with E-state index in [2.05, 4.69) is 17.4 Å². The number of carbonyl (C=O) groups excluding carboxylic acids is 1. The van der Waals surface area contributed by atoms with Crippen molar-refractivity contribution < 1.29 is 19.9 Å². The van der Waals surface area contributed by atoms with Crippen LogP contribution in [0, 0.1) is 11.8 Å². The summed E-state index contributed by atoms with van der Waals surface area (Å²) in [6.45, 7) is 6.70. The summed E-state index contributed by atoms with van der Waals surface area (Å²) >= 11 is 0. The molecule has 0 aromatic heterocycles. The molecule has 22 heavy (non-hydrogen) atoms. The molecule has 4 atom stereocenters. The molecular weight excluding hydrogens is 286 g/mol. The van der Waals surface area contributed by atoms with E-state index >= 15 is 0 Å². The van der Waals surface area contributed by atoms with Crippen LogP contribution in [0.5, 0.6) is 0 Å². The average Bonchev–Trinajstić information content (AvgIpc) is 2.81. The van der Waals surface area contributed by atoms with Crippen LogP contribution in [-0.2, 0) is 9.59 Å². The van der Waals surface area contributed by atoms with Gasteiger partial charge < -0.3 is 15.6 Å². The standard InChI is InChI=1S/C15H27N3O4/c1-4-5-13(10(2)17-11(3)19)9-18-8-12(7-16-22)6-14(18)15(20)21/h7,10,12-14,22H,4-6,8-9H2,1-3H3,(H,17,19)(H,20,21)/t10?,12-,13?,14+/m0/s1. The minimum atomic E-state index is -0.851. The lowest BCUT2D eigenvalue weighted by atomic mass is 9.95. The Labute approximate surface area is 131 Å². The third-order valence-corrected chi connectivity index (χ3v) is 4.26. The highest BCUT2D eigenvalue weighted by atomic mass is 16.4. The Bertz CT molecular complexity index is 414. The fourth-order valence-electron chi connectivity index (χ4n) is 3.21. The Morgan fingerprint density at radius 2 is 2.18 bits per heavy atom. The van der Waals surface area contributed by atoms with Gasteiger partial charge in [-0.2, -0.15) is 0 Å². The molecule has 0 aromatic carbocycles. The van der Waals surface area contributed by atoms with Crippen molar-refractivity contribution in [2.75, 3.05) is 13.1 Å². The van der Waals surface area contributed by atoms with Gasteiger partial charge in [0.2, 0.25) is 5.91 Å². The number of nitrogens with zero attached hydrogens (tertiary/aromatic N) is 2. The molecule has 2 unspecified atom stereocenters. The number of carboxylic acids is 1. The molecule has 0 radical (unpaired) electrons. The van der Waals surface area contributed by atoms with Gasteiger partial charge in [0.05, 0.1) is 0 Å². The van der Waals surface area contributed by atoms with E-state index in [-0.39, 0.29) is 23.8 Å². The Morgan fingerprint density at radius 3 is 2.68 bits per heavy atom. The fraction of sp³-hybridized carbons (Fsp3) is 0.800. The number of amides is 1. The van der Waals surface area contributed by atoms with E-state index in [9.17, 15) is 14.7 Å². The van der Waals surface area contributed by atoms with Crippen molar-refractivity contribution in [3.05, 3.63) is 0 Å². The number of hydrogen-bond donors (Lipinski definition) is 3.